The predicted molar refractivity (Wildman–Crippen MR) is 60.7 cm³/mol. The van der Waals surface area contributed by atoms with Crippen molar-refractivity contribution < 1.29 is 0 Å². The summed E-state index contributed by atoms with van der Waals surface area (Å²) < 4.78 is 0. The fourth-order valence-corrected chi connectivity index (χ4v) is 15.7. The molecule has 11 heavy (non-hydrogen) atoms. The minimum absolute atomic E-state index is 0.768. The van der Waals surface area contributed by atoms with Crippen LogP contribution in [0.3, 0.4) is 0 Å². The molecule has 0 rings (SSSR count). The van der Waals surface area contributed by atoms with E-state index in [1.54, 1.807) is 5.67 Å². The van der Waals surface area contributed by atoms with Crippen molar-refractivity contribution in [3.8, 4) is 0 Å². The van der Waals surface area contributed by atoms with Crippen LogP contribution in [0.15, 0.2) is 0 Å². The van der Waals surface area contributed by atoms with Gasteiger partial charge < -0.3 is 0 Å². The van der Waals surface area contributed by atoms with E-state index in [-0.39, 0.29) is 0 Å². The van der Waals surface area contributed by atoms with Gasteiger partial charge in [0, 0.05) is 16.1 Å². The van der Waals surface area contributed by atoms with Gasteiger partial charge in [0.1, 0.15) is 0 Å². The predicted octanol–water partition coefficient (Wildman–Crippen LogP) is 3.98. The third-order valence-electron chi connectivity index (χ3n) is 1.94. The van der Waals surface area contributed by atoms with Crippen LogP contribution in [0.4, 0.5) is 0 Å². The first-order valence-electron chi connectivity index (χ1n) is 4.77. The third kappa shape index (κ3) is 6.82. The molecule has 0 spiro atoms. The van der Waals surface area contributed by atoms with E-state index in [2.05, 4.69) is 39.7 Å². The summed E-state index contributed by atoms with van der Waals surface area (Å²) in [6.45, 7) is 14.9. The van der Waals surface area contributed by atoms with E-state index in [1.165, 1.54) is 12.5 Å². The van der Waals surface area contributed by atoms with Crippen molar-refractivity contribution in [3.05, 3.63) is 0 Å². The van der Waals surface area contributed by atoms with Crippen molar-refractivity contribution in [1.82, 2.24) is 0 Å². The fraction of sp³-hybridized carbons (Fsp3) is 1.00. The van der Waals surface area contributed by atoms with Crippen LogP contribution in [0.5, 0.6) is 0 Å². The van der Waals surface area contributed by atoms with Crippen molar-refractivity contribution in [3.63, 3.8) is 0 Å². The van der Waals surface area contributed by atoms with Gasteiger partial charge in [-0.15, -0.1) is 0 Å². The minimum Gasteiger partial charge on any atom is -0.0698 e. The lowest BCUT2D eigenvalue weighted by Crippen LogP contribution is -2.36. The van der Waals surface area contributed by atoms with Crippen LogP contribution in [-0.2, 0) is 0 Å². The second kappa shape index (κ2) is 3.90. The van der Waals surface area contributed by atoms with Crippen LogP contribution in [0.25, 0.3) is 0 Å². The van der Waals surface area contributed by atoms with E-state index in [1.807, 2.05) is 0 Å². The van der Waals surface area contributed by atoms with E-state index < -0.39 is 16.1 Å². The molecule has 0 aromatic carbocycles. The van der Waals surface area contributed by atoms with Gasteiger partial charge in [-0.3, -0.25) is 0 Å². The topological polar surface area (TPSA) is 0 Å². The largest absolute Gasteiger partial charge is 0.0698 e. The van der Waals surface area contributed by atoms with Gasteiger partial charge in [-0.2, -0.15) is 0 Å². The van der Waals surface area contributed by atoms with Gasteiger partial charge in [0.05, 0.1) is 0 Å². The molecule has 0 radical (unpaired) electrons. The average Bonchev–Trinajstić information content (AvgIpc) is 1.55. The highest BCUT2D eigenvalue weighted by Gasteiger charge is 2.27. The molecule has 2 heteroatoms. The zero-order valence-corrected chi connectivity index (χ0v) is 11.1. The van der Waals surface area contributed by atoms with Crippen LogP contribution >= 0.6 is 0 Å². The minimum atomic E-state index is -0.777. The third-order valence-corrected chi connectivity index (χ3v) is 11.9. The maximum atomic E-state index is 2.55. The first-order valence-corrected chi connectivity index (χ1v) is 11.9. The highest BCUT2D eigenvalue weighted by molar-refractivity contribution is 6.94. The summed E-state index contributed by atoms with van der Waals surface area (Å²) in [7, 11) is -1.55. The Bertz CT molecular complexity index is 111. The van der Waals surface area contributed by atoms with Crippen molar-refractivity contribution in [2.45, 2.75) is 57.8 Å². The summed E-state index contributed by atoms with van der Waals surface area (Å²) >= 11 is 0. The Morgan fingerprint density at radius 3 is 1.64 bits per heavy atom. The molecule has 0 atom stereocenters. The summed E-state index contributed by atoms with van der Waals surface area (Å²) in [5.74, 6) is 0. The molecule has 0 nitrogen and oxygen atoms in total. The Labute approximate surface area is 74.4 Å². The lowest BCUT2D eigenvalue weighted by molar-refractivity contribution is 1.04. The maximum Gasteiger partial charge on any atom is 0.0447 e. The molecule has 68 valence electrons. The van der Waals surface area contributed by atoms with Gasteiger partial charge in [0.25, 0.3) is 0 Å². The molecule has 0 saturated heterocycles. The molecule has 0 fully saturated rings. The molecule has 0 aliphatic rings. The standard InChI is InChI=1S/C9H24Si2/c1-7-8-11(5,6)9-10(2,3)4/h7-9H2,1-6H3. The molecule has 0 saturated carbocycles. The summed E-state index contributed by atoms with van der Waals surface area (Å²) in [5, 5.41) is 0. The second-order valence-corrected chi connectivity index (χ2v) is 17.0. The summed E-state index contributed by atoms with van der Waals surface area (Å²) in [6.07, 6.45) is 1.39. The van der Waals surface area contributed by atoms with Crippen molar-refractivity contribution in [2.75, 3.05) is 0 Å². The number of hydrogen-bond acceptors (Lipinski definition) is 0. The number of hydrogen-bond donors (Lipinski definition) is 0. The monoisotopic (exact) mass is 188 g/mol. The zero-order valence-electron chi connectivity index (χ0n) is 9.12. The van der Waals surface area contributed by atoms with Crippen molar-refractivity contribution in [1.29, 1.82) is 0 Å². The molecular weight excluding hydrogens is 164 g/mol. The van der Waals surface area contributed by atoms with Crippen molar-refractivity contribution in [2.24, 2.45) is 0 Å². The first kappa shape index (κ1) is 11.4. The van der Waals surface area contributed by atoms with E-state index in [9.17, 15) is 0 Å². The molecular formula is C9H24Si2. The Morgan fingerprint density at radius 1 is 0.909 bits per heavy atom. The Balaban J connectivity index is 3.91. The van der Waals surface area contributed by atoms with Crippen LogP contribution in [-0.4, -0.2) is 16.1 Å². The van der Waals surface area contributed by atoms with Gasteiger partial charge in [-0.1, -0.05) is 57.8 Å². The molecule has 0 aromatic rings. The smallest absolute Gasteiger partial charge is 0.0447 e. The Kier molecular flexibility index (Phi) is 4.05. The van der Waals surface area contributed by atoms with Gasteiger partial charge in [0.2, 0.25) is 0 Å². The van der Waals surface area contributed by atoms with Gasteiger partial charge in [0.15, 0.2) is 0 Å². The lowest BCUT2D eigenvalue weighted by atomic mass is 10.6. The quantitative estimate of drug-likeness (QED) is 0.585. The maximum absolute atomic E-state index is 2.55. The van der Waals surface area contributed by atoms with Crippen molar-refractivity contribution >= 4 is 16.1 Å². The first-order chi connectivity index (χ1) is 4.77. The SMILES string of the molecule is CCC[Si](C)(C)C[Si](C)(C)C. The highest BCUT2D eigenvalue weighted by Crippen LogP contribution is 2.23. The van der Waals surface area contributed by atoms with Crippen LogP contribution in [0.1, 0.15) is 13.3 Å². The summed E-state index contributed by atoms with van der Waals surface area (Å²) in [4.78, 5) is 0. The second-order valence-electron chi connectivity index (χ2n) is 5.65. The zero-order chi connectivity index (χ0) is 9.12. The molecule has 0 aliphatic heterocycles. The lowest BCUT2D eigenvalue weighted by Gasteiger charge is -2.29. The molecule has 0 aliphatic carbocycles. The van der Waals surface area contributed by atoms with E-state index >= 15 is 0 Å². The Morgan fingerprint density at radius 2 is 1.36 bits per heavy atom. The van der Waals surface area contributed by atoms with Gasteiger partial charge in [-0.25, -0.2) is 0 Å². The molecule has 0 heterocycles. The van der Waals surface area contributed by atoms with E-state index in [4.69, 9.17) is 0 Å². The van der Waals surface area contributed by atoms with E-state index in [0.29, 0.717) is 0 Å². The normalized spacial score (nSPS) is 13.6. The van der Waals surface area contributed by atoms with Crippen LogP contribution in [0, 0.1) is 0 Å². The van der Waals surface area contributed by atoms with E-state index in [0.717, 1.165) is 0 Å². The van der Waals surface area contributed by atoms with Gasteiger partial charge in [-0.05, 0) is 0 Å². The molecule has 0 amide bonds. The van der Waals surface area contributed by atoms with Crippen LogP contribution < -0.4 is 0 Å². The molecule has 0 aromatic heterocycles. The Hall–Kier alpha value is 0.434. The van der Waals surface area contributed by atoms with Crippen LogP contribution in [0.2, 0.25) is 44.4 Å². The fourth-order valence-electron chi connectivity index (χ4n) is 2.20. The highest BCUT2D eigenvalue weighted by atomic mass is 28.4. The molecule has 0 N–H and O–H groups in total. The molecule has 0 bridgehead atoms. The number of rotatable bonds is 4. The summed E-state index contributed by atoms with van der Waals surface area (Å²) in [5.41, 5.74) is 1.60. The average molecular weight is 188 g/mol. The summed E-state index contributed by atoms with van der Waals surface area (Å²) in [6, 6.07) is 1.53. The van der Waals surface area contributed by atoms with Gasteiger partial charge >= 0.3 is 0 Å². The molecule has 0 unspecified atom stereocenters.